The number of imide groups is 1. The molecule has 28 nitrogen and oxygen atoms in total. The van der Waals surface area contributed by atoms with E-state index >= 15 is 0 Å². The van der Waals surface area contributed by atoms with Crippen molar-refractivity contribution < 1.29 is 48.2 Å². The zero-order valence-corrected chi connectivity index (χ0v) is 60.6. The number of likely N-dealkylation sites (N-methyl/N-ethyl adjacent to an activating group) is 3. The summed E-state index contributed by atoms with van der Waals surface area (Å²) in [4.78, 5) is 62.4. The predicted octanol–water partition coefficient (Wildman–Crippen LogP) is 7.29. The first-order valence-electron chi connectivity index (χ1n) is 35.2. The quantitative estimate of drug-likeness (QED) is 0.0251. The van der Waals surface area contributed by atoms with E-state index in [-0.39, 0.29) is 25.7 Å². The van der Waals surface area contributed by atoms with Gasteiger partial charge in [0.25, 0.3) is 5.91 Å². The number of piperazine rings is 1. The number of anilines is 3. The van der Waals surface area contributed by atoms with Crippen molar-refractivity contribution in [3.8, 4) is 73.9 Å². The highest BCUT2D eigenvalue weighted by molar-refractivity contribution is 6.24. The van der Waals surface area contributed by atoms with Crippen molar-refractivity contribution >= 4 is 40.7 Å². The van der Waals surface area contributed by atoms with Crippen molar-refractivity contribution in [2.45, 2.75) is 117 Å². The van der Waals surface area contributed by atoms with Crippen LogP contribution in [0.15, 0.2) is 111 Å². The molecule has 4 atom stereocenters. The number of aryl methyl sites for hydroxylation is 4. The fourth-order valence-corrected chi connectivity index (χ4v) is 13.3. The highest BCUT2D eigenvalue weighted by atomic mass is 16.5. The van der Waals surface area contributed by atoms with Gasteiger partial charge in [0, 0.05) is 111 Å². The van der Waals surface area contributed by atoms with Crippen molar-refractivity contribution in [3.63, 3.8) is 0 Å². The van der Waals surface area contributed by atoms with Crippen LogP contribution < -0.4 is 61.2 Å². The fraction of sp³-hybridized carbons (Fsp3) is 0.453. The van der Waals surface area contributed by atoms with Gasteiger partial charge in [-0.2, -0.15) is 0 Å². The molecule has 1 aliphatic carbocycles. The molecule has 28 heteroatoms. The molecular formula is C75H96N18O10. The molecular weight excluding hydrogens is 1310 g/mol. The Kier molecular flexibility index (Phi) is 24.5. The molecule has 546 valence electrons. The smallest absolute Gasteiger partial charge is 0.322 e. The minimum atomic E-state index is -0.858. The van der Waals surface area contributed by atoms with E-state index in [0.29, 0.717) is 98.9 Å². The lowest BCUT2D eigenvalue weighted by molar-refractivity contribution is -0.124. The number of carbonyl (C=O) groups is 2. The minimum absolute atomic E-state index is 0.165. The molecule has 0 bridgehead atoms. The lowest BCUT2D eigenvalue weighted by atomic mass is 9.82. The summed E-state index contributed by atoms with van der Waals surface area (Å²) in [6, 6.07) is 29.1. The van der Waals surface area contributed by atoms with Crippen LogP contribution in [0.2, 0.25) is 0 Å². The number of carbonyl (C=O) groups excluding carboxylic acids is 2. The number of hydrogen-bond donors (Lipinski definition) is 10. The molecule has 3 aromatic carbocycles. The summed E-state index contributed by atoms with van der Waals surface area (Å²) in [7, 11) is 5.37. The van der Waals surface area contributed by atoms with Crippen LogP contribution in [0.25, 0.3) is 62.3 Å². The summed E-state index contributed by atoms with van der Waals surface area (Å²) in [6.07, 6.45) is 1.46. The molecule has 9 heterocycles. The Morgan fingerprint density at radius 3 is 1.51 bits per heavy atom. The average Bonchev–Trinajstić information content (AvgIpc) is 1.77. The largest absolute Gasteiger partial charge is 0.491 e. The van der Waals surface area contributed by atoms with Gasteiger partial charge < -0.3 is 80.3 Å². The molecule has 5 aliphatic rings. The molecule has 103 heavy (non-hydrogen) atoms. The van der Waals surface area contributed by atoms with E-state index in [9.17, 15) is 24.9 Å². The van der Waals surface area contributed by atoms with E-state index in [1.165, 1.54) is 0 Å². The molecule has 10 N–H and O–H groups in total. The van der Waals surface area contributed by atoms with Gasteiger partial charge in [0.2, 0.25) is 0 Å². The first-order chi connectivity index (χ1) is 49.6. The highest BCUT2D eigenvalue weighted by Gasteiger charge is 2.48. The average molecular weight is 1410 g/mol. The third-order valence-electron chi connectivity index (χ3n) is 18.6. The Morgan fingerprint density at radius 2 is 1.08 bits per heavy atom. The molecule has 8 aromatic rings. The van der Waals surface area contributed by atoms with Gasteiger partial charge in [-0.3, -0.25) is 15.1 Å². The number of nitrogens with zero attached hydrogens (tertiary/aromatic N) is 11. The molecule has 4 aliphatic heterocycles. The van der Waals surface area contributed by atoms with E-state index in [0.717, 1.165) is 141 Å². The molecule has 3 amide bonds. The maximum Gasteiger partial charge on any atom is 0.322 e. The number of hydrogen-bond acceptors (Lipinski definition) is 26. The Morgan fingerprint density at radius 1 is 0.602 bits per heavy atom. The van der Waals surface area contributed by atoms with Gasteiger partial charge in [0.1, 0.15) is 89.9 Å². The van der Waals surface area contributed by atoms with Crippen molar-refractivity contribution in [2.24, 2.45) is 10.9 Å². The van der Waals surface area contributed by atoms with Crippen LogP contribution in [0.4, 0.5) is 22.2 Å². The van der Waals surface area contributed by atoms with Gasteiger partial charge in [-0.05, 0) is 143 Å². The molecule has 4 fully saturated rings. The van der Waals surface area contributed by atoms with E-state index in [1.807, 2.05) is 126 Å². The van der Waals surface area contributed by atoms with E-state index < -0.39 is 29.9 Å². The number of rotatable bonds is 25. The number of piperidine rings is 1. The number of urea groups is 1. The normalized spacial score (nSPS) is 18.5. The maximum atomic E-state index is 12.4. The van der Waals surface area contributed by atoms with Gasteiger partial charge >= 0.3 is 6.03 Å². The SMILES string of the molecule is CNCC(O)COc1cccc(-c2nc(-c3c(C)noc3C)cc(N3CCN[C@@H](C)C3)n2)c1.CNCC(O)COc1cccc(-c2nc(C3=C(C)CN=C3C)cc(N3CCC4(CC3)NC(=O)NC4=O)n2)c1.CNCC(O)COc1cccc(-c2nc(NC3CC(C)C3)cc(-c3c(C)noc3C)n2)c1. The first kappa shape index (κ1) is 74.4. The van der Waals surface area contributed by atoms with E-state index in [1.54, 1.807) is 21.1 Å². The number of nitrogens with one attached hydrogen (secondary N) is 7. The number of benzene rings is 3. The third-order valence-corrected chi connectivity index (χ3v) is 18.6. The summed E-state index contributed by atoms with van der Waals surface area (Å²) in [5.74, 6) is 8.03. The minimum Gasteiger partial charge on any atom is -0.491 e. The van der Waals surface area contributed by atoms with Crippen LogP contribution in [0.5, 0.6) is 17.2 Å². The van der Waals surface area contributed by atoms with Gasteiger partial charge in [-0.15, -0.1) is 0 Å². The molecule has 5 aromatic heterocycles. The third kappa shape index (κ3) is 18.7. The number of aromatic nitrogens is 8. The Labute approximate surface area is 600 Å². The van der Waals surface area contributed by atoms with Gasteiger partial charge in [-0.1, -0.05) is 53.6 Å². The molecule has 1 spiro atoms. The maximum absolute atomic E-state index is 12.4. The van der Waals surface area contributed by atoms with Gasteiger partial charge in [-0.25, -0.2) is 34.7 Å². The van der Waals surface area contributed by atoms with Crippen LogP contribution in [0.1, 0.15) is 82.0 Å². The lowest BCUT2D eigenvalue weighted by Crippen LogP contribution is -2.55. The summed E-state index contributed by atoms with van der Waals surface area (Å²) in [5, 5.41) is 59.1. The zero-order valence-electron chi connectivity index (χ0n) is 60.6. The van der Waals surface area contributed by atoms with Crippen LogP contribution in [-0.2, 0) is 4.79 Å². The van der Waals surface area contributed by atoms with Crippen molar-refractivity contribution in [2.75, 3.05) is 115 Å². The number of aliphatic hydroxyl groups is 3. The predicted molar refractivity (Wildman–Crippen MR) is 396 cm³/mol. The molecule has 3 unspecified atom stereocenters. The summed E-state index contributed by atoms with van der Waals surface area (Å²) in [6.45, 7) is 22.5. The van der Waals surface area contributed by atoms with Crippen molar-refractivity contribution in [1.29, 1.82) is 0 Å². The standard InChI is InChI=1S/C27H33N7O4.C24H32N6O3.C24H31N5O3/c1-16-13-29-17(2)23(16)21-12-22(34-9-7-27(8-10-34)25(36)32-26(37)33-27)31-24(30-21)18-5-4-6-20(11-18)38-15-19(35)14-28-3;1-15-13-30(9-8-26-15)22-11-21(23-16(2)29-33-17(23)3)27-24(28-22)18-6-5-7-20(10-18)32-14-19(31)12-25-4;1-14-8-18(9-14)26-22-11-21(23-15(2)29-32-16(23)3)27-24(28-22)17-6-5-7-20(10-17)31-13-19(30)12-25-4/h4-6,11-12,19,28,35H,7-10,13-15H2,1-3H3,(H2,32,33,36,37);5-7,10-11,15,19,25-26,31H,8-9,12-14H2,1-4H3;5-7,10-11,14,18-19,25,30H,8-9,12-13H2,1-4H3,(H,26,27,28)/t;15-,19?;/m.0./s1. The number of amides is 3. The Balaban J connectivity index is 0.000000156. The van der Waals surface area contributed by atoms with Crippen LogP contribution >= 0.6 is 0 Å². The highest BCUT2D eigenvalue weighted by Crippen LogP contribution is 2.37. The van der Waals surface area contributed by atoms with E-state index in [4.69, 9.17) is 53.2 Å². The molecule has 1 saturated carbocycles. The second kappa shape index (κ2) is 34.0. The summed E-state index contributed by atoms with van der Waals surface area (Å²) in [5.41, 5.74) is 10.5. The monoisotopic (exact) mass is 1410 g/mol. The summed E-state index contributed by atoms with van der Waals surface area (Å²) < 4.78 is 28.2. The number of aliphatic hydroxyl groups excluding tert-OH is 3. The van der Waals surface area contributed by atoms with E-state index in [2.05, 4.69) is 83.1 Å². The number of ether oxygens (including phenoxy) is 3. The number of allylic oxidation sites excluding steroid dienone is 1. The van der Waals surface area contributed by atoms with Crippen molar-refractivity contribution in [3.05, 3.63) is 125 Å². The molecule has 3 saturated heterocycles. The fourth-order valence-electron chi connectivity index (χ4n) is 13.3. The second-order valence-corrected chi connectivity index (χ2v) is 27.1. The van der Waals surface area contributed by atoms with Crippen LogP contribution in [0, 0.1) is 33.6 Å². The second-order valence-electron chi connectivity index (χ2n) is 27.1. The van der Waals surface area contributed by atoms with Crippen LogP contribution in [-0.4, -0.2) is 209 Å². The molecule has 0 radical (unpaired) electrons. The van der Waals surface area contributed by atoms with Crippen LogP contribution in [0.3, 0.4) is 0 Å². The Hall–Kier alpha value is -9.81. The van der Waals surface area contributed by atoms with Crippen molar-refractivity contribution in [1.82, 2.24) is 72.1 Å². The van der Waals surface area contributed by atoms with Gasteiger partial charge in [0.05, 0.1) is 46.1 Å². The zero-order chi connectivity index (χ0) is 72.9. The first-order valence-corrected chi connectivity index (χ1v) is 35.2. The Bertz CT molecular complexity index is 4280. The van der Waals surface area contributed by atoms with Gasteiger partial charge in [0.15, 0.2) is 17.5 Å². The lowest BCUT2D eigenvalue weighted by Gasteiger charge is -2.37. The topological polar surface area (TPSA) is 355 Å². The summed E-state index contributed by atoms with van der Waals surface area (Å²) >= 11 is 0. The molecule has 13 rings (SSSR count). The number of aliphatic imine (C=N–C) groups is 1.